The molecule has 0 amide bonds. The Morgan fingerprint density at radius 3 is 2.21 bits per heavy atom. The molecular weight excluding hydrogens is 424 g/mol. The van der Waals surface area contributed by atoms with Crippen molar-refractivity contribution in [3.8, 4) is 0 Å². The highest BCUT2D eigenvalue weighted by Gasteiger charge is 2.81. The fraction of sp³-hybridized carbons (Fsp3) is 0.769. The van der Waals surface area contributed by atoms with Crippen LogP contribution in [0, 0.1) is 33.5 Å². The molecule has 7 atom stereocenters. The second-order valence-corrected chi connectivity index (χ2v) is 12.1. The van der Waals surface area contributed by atoms with Gasteiger partial charge in [0, 0.05) is 12.3 Å². The number of ketones is 2. The fourth-order valence-electron chi connectivity index (χ4n) is 8.63. The minimum atomic E-state index is -2.32. The van der Waals surface area contributed by atoms with Gasteiger partial charge in [0.1, 0.15) is 5.60 Å². The van der Waals surface area contributed by atoms with Crippen molar-refractivity contribution in [1.29, 1.82) is 0 Å². The van der Waals surface area contributed by atoms with Crippen LogP contribution in [-0.2, 0) is 28.7 Å². The van der Waals surface area contributed by atoms with E-state index in [-0.39, 0.29) is 29.8 Å². The molecule has 3 aliphatic carbocycles. The Bertz CT molecular complexity index is 983. The fourth-order valence-corrected chi connectivity index (χ4v) is 8.63. The third-order valence-corrected chi connectivity index (χ3v) is 10.2. The summed E-state index contributed by atoms with van der Waals surface area (Å²) < 4.78 is 11.1. The van der Waals surface area contributed by atoms with Crippen molar-refractivity contribution in [2.75, 3.05) is 7.11 Å². The van der Waals surface area contributed by atoms with E-state index >= 15 is 0 Å². The molecule has 1 N–H and O–H groups in total. The summed E-state index contributed by atoms with van der Waals surface area (Å²) in [5, 5.41) is 11.2. The number of Topliss-reactive ketones (excluding diaryl/α,β-unsaturated/α-hetero) is 2. The number of cyclic esters (lactones) is 1. The molecule has 0 aromatic rings. The van der Waals surface area contributed by atoms with Crippen LogP contribution in [0.1, 0.15) is 73.6 Å². The molecule has 0 unspecified atom stereocenters. The molecule has 3 saturated carbocycles. The molecule has 7 nitrogen and oxygen atoms in total. The maximum absolute atomic E-state index is 14.0. The van der Waals surface area contributed by atoms with E-state index in [1.165, 1.54) is 14.0 Å². The predicted octanol–water partition coefficient (Wildman–Crippen LogP) is 3.17. The molecule has 7 heteroatoms. The highest BCUT2D eigenvalue weighted by molar-refractivity contribution is 6.26. The third-order valence-electron chi connectivity index (χ3n) is 10.2. The van der Waals surface area contributed by atoms with E-state index < -0.39 is 50.4 Å². The van der Waals surface area contributed by atoms with Crippen LogP contribution in [0.5, 0.6) is 0 Å². The molecule has 33 heavy (non-hydrogen) atoms. The first-order valence-corrected chi connectivity index (χ1v) is 11.8. The highest BCUT2D eigenvalue weighted by Crippen LogP contribution is 2.75. The Morgan fingerprint density at radius 1 is 1.03 bits per heavy atom. The van der Waals surface area contributed by atoms with E-state index in [4.69, 9.17) is 9.47 Å². The van der Waals surface area contributed by atoms with E-state index in [0.29, 0.717) is 25.7 Å². The number of methoxy groups -OCH3 is 1. The van der Waals surface area contributed by atoms with E-state index in [9.17, 15) is 24.3 Å². The zero-order valence-corrected chi connectivity index (χ0v) is 20.8. The topological polar surface area (TPSA) is 107 Å². The number of rotatable bonds is 1. The third kappa shape index (κ3) is 2.50. The van der Waals surface area contributed by atoms with Gasteiger partial charge in [-0.2, -0.15) is 0 Å². The lowest BCUT2D eigenvalue weighted by atomic mass is 9.31. The second kappa shape index (κ2) is 6.55. The summed E-state index contributed by atoms with van der Waals surface area (Å²) in [6.07, 6.45) is 2.18. The van der Waals surface area contributed by atoms with Gasteiger partial charge in [-0.25, -0.2) is 0 Å². The number of hydrogen-bond donors (Lipinski definition) is 1. The lowest BCUT2D eigenvalue weighted by Crippen LogP contribution is -2.77. The molecule has 1 aliphatic heterocycles. The summed E-state index contributed by atoms with van der Waals surface area (Å²) in [7, 11) is 1.22. The number of ether oxygens (including phenoxy) is 2. The molecule has 182 valence electrons. The van der Waals surface area contributed by atoms with Crippen LogP contribution in [0.25, 0.3) is 0 Å². The Balaban J connectivity index is 2.04. The van der Waals surface area contributed by atoms with E-state index in [0.717, 1.165) is 0 Å². The van der Waals surface area contributed by atoms with Crippen molar-refractivity contribution in [2.45, 2.75) is 84.8 Å². The molecule has 4 aliphatic rings. The molecule has 0 spiro atoms. The van der Waals surface area contributed by atoms with Crippen LogP contribution in [-0.4, -0.2) is 46.9 Å². The molecule has 0 aromatic heterocycles. The first kappa shape index (κ1) is 24.1. The number of fused-ring (bicyclic) bond motifs is 6. The van der Waals surface area contributed by atoms with E-state index in [2.05, 4.69) is 13.5 Å². The van der Waals surface area contributed by atoms with Gasteiger partial charge in [-0.15, -0.1) is 0 Å². The van der Waals surface area contributed by atoms with Crippen molar-refractivity contribution in [2.24, 2.45) is 33.5 Å². The van der Waals surface area contributed by atoms with Crippen molar-refractivity contribution >= 4 is 23.5 Å². The van der Waals surface area contributed by atoms with Crippen molar-refractivity contribution in [3.63, 3.8) is 0 Å². The van der Waals surface area contributed by atoms with Crippen LogP contribution >= 0.6 is 0 Å². The number of hydrogen-bond acceptors (Lipinski definition) is 7. The average molecular weight is 461 g/mol. The van der Waals surface area contributed by atoms with Gasteiger partial charge in [-0.3, -0.25) is 19.2 Å². The van der Waals surface area contributed by atoms with Gasteiger partial charge in [0.25, 0.3) is 0 Å². The highest BCUT2D eigenvalue weighted by atomic mass is 16.6. The molecule has 0 radical (unpaired) electrons. The zero-order chi connectivity index (χ0) is 25.0. The van der Waals surface area contributed by atoms with Gasteiger partial charge in [0.2, 0.25) is 0 Å². The molecule has 2 bridgehead atoms. The van der Waals surface area contributed by atoms with Gasteiger partial charge in [0.15, 0.2) is 22.6 Å². The van der Waals surface area contributed by atoms with Crippen molar-refractivity contribution < 1.29 is 33.8 Å². The second-order valence-electron chi connectivity index (χ2n) is 12.1. The number of carbonyl (C=O) groups excluding carboxylic acids is 4. The van der Waals surface area contributed by atoms with Gasteiger partial charge >= 0.3 is 11.9 Å². The quantitative estimate of drug-likeness (QED) is 0.364. The van der Waals surface area contributed by atoms with Gasteiger partial charge in [-0.05, 0) is 75.7 Å². The molecular formula is C26H36O7. The lowest BCUT2D eigenvalue weighted by Gasteiger charge is -2.70. The van der Waals surface area contributed by atoms with Crippen LogP contribution < -0.4 is 0 Å². The number of esters is 2. The minimum absolute atomic E-state index is 0.0226. The Hall–Kier alpha value is -2.02. The van der Waals surface area contributed by atoms with Crippen LogP contribution in [0.3, 0.4) is 0 Å². The number of carbonyl (C=O) groups is 4. The Morgan fingerprint density at radius 2 is 1.64 bits per heavy atom. The summed E-state index contributed by atoms with van der Waals surface area (Å²) >= 11 is 0. The normalized spacial score (nSPS) is 48.8. The molecule has 1 heterocycles. The maximum Gasteiger partial charge on any atom is 0.324 e. The first-order valence-electron chi connectivity index (χ1n) is 11.8. The molecule has 4 fully saturated rings. The smallest absolute Gasteiger partial charge is 0.324 e. The van der Waals surface area contributed by atoms with Gasteiger partial charge in [-0.1, -0.05) is 20.4 Å². The van der Waals surface area contributed by atoms with Crippen LogP contribution in [0.4, 0.5) is 0 Å². The van der Waals surface area contributed by atoms with Crippen LogP contribution in [0.2, 0.25) is 0 Å². The predicted molar refractivity (Wildman–Crippen MR) is 119 cm³/mol. The zero-order valence-electron chi connectivity index (χ0n) is 20.8. The largest absolute Gasteiger partial charge is 0.468 e. The Labute approximate surface area is 195 Å². The molecule has 0 aromatic carbocycles. The minimum Gasteiger partial charge on any atom is -0.468 e. The summed E-state index contributed by atoms with van der Waals surface area (Å²) in [6.45, 7) is 14.9. The van der Waals surface area contributed by atoms with Gasteiger partial charge < -0.3 is 14.6 Å². The first-order chi connectivity index (χ1) is 15.0. The standard InChI is InChI=1S/C26H36O7/c1-14-23(5)13-16-22(4)11-10-17(27)33-21(2,3)15(22)9-12-24(16,6)26(14,20(30)32-8)19(29)25(7,31)18(23)28/h15-16,31H,1,9-13H2,2-8H3/t15-,16-,22+,23-,24-,25-,26-/m0/s1. The maximum atomic E-state index is 14.0. The van der Waals surface area contributed by atoms with E-state index in [1.807, 2.05) is 20.8 Å². The molecule has 1 saturated heterocycles. The monoisotopic (exact) mass is 460 g/mol. The van der Waals surface area contributed by atoms with Gasteiger partial charge in [0.05, 0.1) is 12.5 Å². The Kier molecular flexibility index (Phi) is 4.79. The SMILES string of the molecule is C=C1[C@]2(C)C[C@H]3[C@]4(C)CCC(=O)OC(C)(C)[C@@H]4CC[C@]3(C)[C@]1(C(=O)OC)C(=O)[C@@](C)(O)C2=O. The van der Waals surface area contributed by atoms with E-state index in [1.54, 1.807) is 6.92 Å². The summed E-state index contributed by atoms with van der Waals surface area (Å²) in [4.78, 5) is 53.7. The number of aliphatic hydroxyl groups is 1. The van der Waals surface area contributed by atoms with Crippen LogP contribution in [0.15, 0.2) is 12.2 Å². The molecule has 4 rings (SSSR count). The van der Waals surface area contributed by atoms with Crippen molar-refractivity contribution in [1.82, 2.24) is 0 Å². The average Bonchev–Trinajstić information content (AvgIpc) is 2.81. The summed E-state index contributed by atoms with van der Waals surface area (Å²) in [5.74, 6) is -2.81. The van der Waals surface area contributed by atoms with Crippen molar-refractivity contribution in [3.05, 3.63) is 12.2 Å². The summed E-state index contributed by atoms with van der Waals surface area (Å²) in [6, 6.07) is 0. The lowest BCUT2D eigenvalue weighted by molar-refractivity contribution is -0.221. The summed E-state index contributed by atoms with van der Waals surface area (Å²) in [5.41, 5.74) is -7.41.